The molecule has 22 heavy (non-hydrogen) atoms. The van der Waals surface area contributed by atoms with Crippen LogP contribution < -0.4 is 5.32 Å². The normalized spacial score (nSPS) is 12.3. The van der Waals surface area contributed by atoms with Crippen molar-refractivity contribution in [2.75, 3.05) is 5.32 Å². The van der Waals surface area contributed by atoms with Gasteiger partial charge >= 0.3 is 0 Å². The lowest BCUT2D eigenvalue weighted by Crippen LogP contribution is -2.19. The van der Waals surface area contributed by atoms with E-state index in [0.717, 1.165) is 22.6 Å². The number of aromatic nitrogens is 3. The molecule has 1 amide bonds. The van der Waals surface area contributed by atoms with Gasteiger partial charge in [-0.1, -0.05) is 0 Å². The summed E-state index contributed by atoms with van der Waals surface area (Å²) in [5.74, 6) is -0.0162. The Labute approximate surface area is 133 Å². The molecule has 3 heterocycles. The highest BCUT2D eigenvalue weighted by atomic mass is 32.1. The average Bonchev–Trinajstić information content (AvgIpc) is 3.23. The highest BCUT2D eigenvalue weighted by Gasteiger charge is 2.19. The molecule has 114 valence electrons. The second-order valence-corrected chi connectivity index (χ2v) is 6.04. The molecule has 3 rings (SSSR count). The van der Waals surface area contributed by atoms with E-state index >= 15 is 0 Å². The van der Waals surface area contributed by atoms with Crippen LogP contribution in [-0.2, 0) is 4.79 Å². The van der Waals surface area contributed by atoms with Gasteiger partial charge in [0.1, 0.15) is 0 Å². The van der Waals surface area contributed by atoms with E-state index in [2.05, 4.69) is 31.5 Å². The SMILES string of the molecule is Cc1n[nH]c(C)c1NC(=O)C[C@H](c1ccsc1)n1cccc1. The summed E-state index contributed by atoms with van der Waals surface area (Å²) in [4.78, 5) is 12.5. The van der Waals surface area contributed by atoms with Crippen LogP contribution in [0.25, 0.3) is 0 Å². The topological polar surface area (TPSA) is 62.7 Å². The maximum Gasteiger partial charge on any atom is 0.226 e. The van der Waals surface area contributed by atoms with Crippen molar-refractivity contribution >= 4 is 22.9 Å². The minimum absolute atomic E-state index is 0.00811. The Bertz CT molecular complexity index is 690. The van der Waals surface area contributed by atoms with Crippen LogP contribution in [-0.4, -0.2) is 20.7 Å². The Morgan fingerprint density at radius 2 is 2.18 bits per heavy atom. The number of carbonyl (C=O) groups is 1. The maximum atomic E-state index is 12.5. The number of amides is 1. The van der Waals surface area contributed by atoms with Gasteiger partial charge in [-0.25, -0.2) is 0 Å². The number of nitrogens with zero attached hydrogens (tertiary/aromatic N) is 2. The first kappa shape index (κ1) is 14.6. The number of hydrogen-bond acceptors (Lipinski definition) is 3. The molecule has 6 heteroatoms. The third kappa shape index (κ3) is 2.96. The average molecular weight is 314 g/mol. The van der Waals surface area contributed by atoms with Crippen molar-refractivity contribution in [2.24, 2.45) is 0 Å². The first-order valence-electron chi connectivity index (χ1n) is 7.11. The van der Waals surface area contributed by atoms with Crippen LogP contribution in [0.4, 0.5) is 5.69 Å². The Balaban J connectivity index is 1.78. The molecule has 0 radical (unpaired) electrons. The van der Waals surface area contributed by atoms with Crippen molar-refractivity contribution < 1.29 is 4.79 Å². The first-order valence-corrected chi connectivity index (χ1v) is 8.05. The van der Waals surface area contributed by atoms with E-state index in [9.17, 15) is 4.79 Å². The summed E-state index contributed by atoms with van der Waals surface area (Å²) < 4.78 is 2.07. The molecule has 3 aromatic heterocycles. The zero-order valence-corrected chi connectivity index (χ0v) is 13.4. The van der Waals surface area contributed by atoms with Gasteiger partial charge in [-0.2, -0.15) is 16.4 Å². The van der Waals surface area contributed by atoms with Gasteiger partial charge in [0.05, 0.1) is 29.5 Å². The molecule has 0 fully saturated rings. The lowest BCUT2D eigenvalue weighted by atomic mass is 10.1. The van der Waals surface area contributed by atoms with Gasteiger partial charge < -0.3 is 9.88 Å². The van der Waals surface area contributed by atoms with Gasteiger partial charge in [0.2, 0.25) is 5.91 Å². The summed E-state index contributed by atoms with van der Waals surface area (Å²) in [6.07, 6.45) is 4.36. The number of anilines is 1. The summed E-state index contributed by atoms with van der Waals surface area (Å²) in [5, 5.41) is 14.1. The summed E-state index contributed by atoms with van der Waals surface area (Å²) in [7, 11) is 0. The standard InChI is InChI=1S/C16H18N4OS/c1-11-16(12(2)19-18-11)17-15(21)9-14(13-5-8-22-10-13)20-6-3-4-7-20/h3-8,10,14H,9H2,1-2H3,(H,17,21)(H,18,19)/t14-/m1/s1. The Kier molecular flexibility index (Phi) is 4.11. The highest BCUT2D eigenvalue weighted by molar-refractivity contribution is 7.08. The molecule has 0 unspecified atom stereocenters. The van der Waals surface area contributed by atoms with Gasteiger partial charge in [-0.3, -0.25) is 9.89 Å². The van der Waals surface area contributed by atoms with Gasteiger partial charge in [0.15, 0.2) is 0 Å². The van der Waals surface area contributed by atoms with Crippen molar-refractivity contribution in [3.8, 4) is 0 Å². The van der Waals surface area contributed by atoms with E-state index in [-0.39, 0.29) is 11.9 Å². The Hall–Kier alpha value is -2.34. The van der Waals surface area contributed by atoms with Crippen LogP contribution in [0.3, 0.4) is 0 Å². The van der Waals surface area contributed by atoms with Gasteiger partial charge in [-0.15, -0.1) is 0 Å². The van der Waals surface area contributed by atoms with Crippen LogP contribution in [0, 0.1) is 13.8 Å². The van der Waals surface area contributed by atoms with Crippen LogP contribution in [0.15, 0.2) is 41.4 Å². The fourth-order valence-corrected chi connectivity index (χ4v) is 3.22. The van der Waals surface area contributed by atoms with Crippen molar-refractivity contribution in [3.63, 3.8) is 0 Å². The zero-order valence-electron chi connectivity index (χ0n) is 12.5. The maximum absolute atomic E-state index is 12.5. The first-order chi connectivity index (χ1) is 10.6. The smallest absolute Gasteiger partial charge is 0.226 e. The molecule has 0 aliphatic carbocycles. The van der Waals surface area contributed by atoms with E-state index in [1.165, 1.54) is 0 Å². The molecule has 0 saturated heterocycles. The fraction of sp³-hybridized carbons (Fsp3) is 0.250. The Morgan fingerprint density at radius 1 is 1.41 bits per heavy atom. The predicted molar refractivity (Wildman–Crippen MR) is 88.2 cm³/mol. The lowest BCUT2D eigenvalue weighted by molar-refractivity contribution is -0.116. The van der Waals surface area contributed by atoms with E-state index in [1.807, 2.05) is 43.8 Å². The number of thiophene rings is 1. The molecule has 1 atom stereocenters. The summed E-state index contributed by atoms with van der Waals surface area (Å²) >= 11 is 1.64. The zero-order chi connectivity index (χ0) is 15.5. The molecule has 3 aromatic rings. The number of aromatic amines is 1. The molecule has 0 spiro atoms. The fourth-order valence-electron chi connectivity index (χ4n) is 2.52. The molecule has 0 aliphatic rings. The van der Waals surface area contributed by atoms with Crippen molar-refractivity contribution in [1.29, 1.82) is 0 Å². The summed E-state index contributed by atoms with van der Waals surface area (Å²) in [6.45, 7) is 3.78. The number of aryl methyl sites for hydroxylation is 2. The van der Waals surface area contributed by atoms with Crippen molar-refractivity contribution in [1.82, 2.24) is 14.8 Å². The van der Waals surface area contributed by atoms with Crippen LogP contribution in [0.2, 0.25) is 0 Å². The highest BCUT2D eigenvalue weighted by Crippen LogP contribution is 2.25. The molecule has 0 aromatic carbocycles. The van der Waals surface area contributed by atoms with Gasteiger partial charge in [-0.05, 0) is 48.4 Å². The van der Waals surface area contributed by atoms with Crippen molar-refractivity contribution in [3.05, 3.63) is 58.3 Å². The Morgan fingerprint density at radius 3 is 2.77 bits per heavy atom. The van der Waals surface area contributed by atoms with Gasteiger partial charge in [0.25, 0.3) is 0 Å². The molecular formula is C16H18N4OS. The molecule has 0 bridgehead atoms. The molecule has 5 nitrogen and oxygen atoms in total. The second kappa shape index (κ2) is 6.19. The largest absolute Gasteiger partial charge is 0.346 e. The third-order valence-electron chi connectivity index (χ3n) is 3.69. The number of hydrogen-bond donors (Lipinski definition) is 2. The minimum Gasteiger partial charge on any atom is -0.346 e. The van der Waals surface area contributed by atoms with E-state index in [1.54, 1.807) is 11.3 Å². The minimum atomic E-state index is -0.0162. The molecule has 0 saturated carbocycles. The van der Waals surface area contributed by atoms with E-state index < -0.39 is 0 Å². The summed E-state index contributed by atoms with van der Waals surface area (Å²) in [5.41, 5.74) is 3.61. The van der Waals surface area contributed by atoms with Crippen LogP contribution in [0.1, 0.15) is 29.4 Å². The number of carbonyl (C=O) groups excluding carboxylic acids is 1. The number of rotatable bonds is 5. The van der Waals surface area contributed by atoms with Crippen LogP contribution in [0.5, 0.6) is 0 Å². The third-order valence-corrected chi connectivity index (χ3v) is 4.39. The number of H-pyrrole nitrogens is 1. The quantitative estimate of drug-likeness (QED) is 0.757. The number of nitrogens with one attached hydrogen (secondary N) is 2. The van der Waals surface area contributed by atoms with Crippen molar-refractivity contribution in [2.45, 2.75) is 26.3 Å². The monoisotopic (exact) mass is 314 g/mol. The molecular weight excluding hydrogens is 296 g/mol. The van der Waals surface area contributed by atoms with E-state index in [0.29, 0.717) is 6.42 Å². The molecule has 2 N–H and O–H groups in total. The van der Waals surface area contributed by atoms with Crippen LogP contribution >= 0.6 is 11.3 Å². The lowest BCUT2D eigenvalue weighted by Gasteiger charge is -2.18. The van der Waals surface area contributed by atoms with Gasteiger partial charge in [0, 0.05) is 12.4 Å². The van der Waals surface area contributed by atoms with E-state index in [4.69, 9.17) is 0 Å². The summed E-state index contributed by atoms with van der Waals surface area (Å²) in [6, 6.07) is 6.02. The predicted octanol–water partition coefficient (Wildman–Crippen LogP) is 3.51. The second-order valence-electron chi connectivity index (χ2n) is 5.26. The molecule has 0 aliphatic heterocycles.